The minimum Gasteiger partial charge on any atom is -0.495 e. The number of aromatic nitrogens is 1. The van der Waals surface area contributed by atoms with Crippen LogP contribution in [-0.4, -0.2) is 72.7 Å². The highest BCUT2D eigenvalue weighted by Crippen LogP contribution is 2.29. The zero-order chi connectivity index (χ0) is 22.1. The van der Waals surface area contributed by atoms with Gasteiger partial charge in [-0.05, 0) is 37.1 Å². The molecule has 168 valence electrons. The van der Waals surface area contributed by atoms with Crippen LogP contribution in [0.1, 0.15) is 23.3 Å². The minimum atomic E-state index is 0.154. The molecule has 1 aromatic heterocycles. The number of hydrogen-bond acceptors (Lipinski definition) is 4. The summed E-state index contributed by atoms with van der Waals surface area (Å²) in [6, 6.07) is 18.9. The van der Waals surface area contributed by atoms with E-state index in [9.17, 15) is 4.79 Å². The standard InChI is InChI=1S/C26H32N4O2/c1-27-22-10-4-3-8-20(22)18-24(27)26(31)30-13-7-9-21(19-30)28-14-16-29(17-15-28)23-11-5-6-12-25(23)32-2/h3-6,8,10-12,18,21H,7,9,13-17,19H2,1-2H3. The highest BCUT2D eigenvalue weighted by molar-refractivity contribution is 5.98. The third-order valence-electron chi connectivity index (χ3n) is 7.11. The van der Waals surface area contributed by atoms with E-state index >= 15 is 0 Å². The zero-order valence-electron chi connectivity index (χ0n) is 19.0. The smallest absolute Gasteiger partial charge is 0.270 e. The lowest BCUT2D eigenvalue weighted by Crippen LogP contribution is -2.56. The van der Waals surface area contributed by atoms with E-state index < -0.39 is 0 Å². The van der Waals surface area contributed by atoms with Crippen LogP contribution < -0.4 is 9.64 Å². The number of rotatable bonds is 4. The largest absolute Gasteiger partial charge is 0.495 e. The molecule has 0 radical (unpaired) electrons. The molecular weight excluding hydrogens is 400 g/mol. The van der Waals surface area contributed by atoms with Crippen LogP contribution >= 0.6 is 0 Å². The third kappa shape index (κ3) is 3.84. The van der Waals surface area contributed by atoms with E-state index in [0.29, 0.717) is 6.04 Å². The summed E-state index contributed by atoms with van der Waals surface area (Å²) in [6.45, 7) is 5.65. The Bertz CT molecular complexity index is 1100. The summed E-state index contributed by atoms with van der Waals surface area (Å²) >= 11 is 0. The summed E-state index contributed by atoms with van der Waals surface area (Å²) in [7, 11) is 3.73. The lowest BCUT2D eigenvalue weighted by Gasteiger charge is -2.44. The van der Waals surface area contributed by atoms with Crippen molar-refractivity contribution in [3.8, 4) is 5.75 Å². The number of para-hydroxylation sites is 3. The second-order valence-corrected chi connectivity index (χ2v) is 8.89. The van der Waals surface area contributed by atoms with Gasteiger partial charge in [0.05, 0.1) is 12.8 Å². The number of piperidine rings is 1. The number of anilines is 1. The van der Waals surface area contributed by atoms with E-state index in [4.69, 9.17) is 4.74 Å². The van der Waals surface area contributed by atoms with Crippen molar-refractivity contribution >= 4 is 22.5 Å². The highest BCUT2D eigenvalue weighted by atomic mass is 16.5. The van der Waals surface area contributed by atoms with Gasteiger partial charge in [0.1, 0.15) is 11.4 Å². The first kappa shape index (κ1) is 20.9. The normalized spacial score (nSPS) is 20.0. The third-order valence-corrected chi connectivity index (χ3v) is 7.11. The topological polar surface area (TPSA) is 41.0 Å². The number of likely N-dealkylation sites (tertiary alicyclic amines) is 1. The van der Waals surface area contributed by atoms with Gasteiger partial charge in [-0.2, -0.15) is 0 Å². The summed E-state index contributed by atoms with van der Waals surface area (Å²) in [4.78, 5) is 20.4. The molecule has 1 atom stereocenters. The van der Waals surface area contributed by atoms with Crippen LogP contribution in [-0.2, 0) is 7.05 Å². The molecule has 3 aromatic rings. The number of carbonyl (C=O) groups is 1. The maximum absolute atomic E-state index is 13.4. The summed E-state index contributed by atoms with van der Waals surface area (Å²) < 4.78 is 7.59. The second-order valence-electron chi connectivity index (χ2n) is 8.89. The van der Waals surface area contributed by atoms with E-state index in [0.717, 1.165) is 74.5 Å². The summed E-state index contributed by atoms with van der Waals surface area (Å²) in [5.41, 5.74) is 3.07. The van der Waals surface area contributed by atoms with E-state index in [2.05, 4.69) is 39.0 Å². The van der Waals surface area contributed by atoms with Crippen molar-refractivity contribution in [1.29, 1.82) is 0 Å². The Kier molecular flexibility index (Phi) is 5.79. The van der Waals surface area contributed by atoms with Gasteiger partial charge in [-0.1, -0.05) is 30.3 Å². The number of amides is 1. The predicted molar refractivity (Wildman–Crippen MR) is 129 cm³/mol. The minimum absolute atomic E-state index is 0.154. The maximum atomic E-state index is 13.4. The molecule has 2 aromatic carbocycles. The number of piperazine rings is 1. The van der Waals surface area contributed by atoms with Crippen LogP contribution in [0, 0.1) is 0 Å². The molecule has 0 spiro atoms. The molecule has 2 aliphatic rings. The molecule has 2 aliphatic heterocycles. The van der Waals surface area contributed by atoms with Gasteiger partial charge < -0.3 is 19.1 Å². The number of nitrogens with zero attached hydrogens (tertiary/aromatic N) is 4. The Balaban J connectivity index is 1.24. The van der Waals surface area contributed by atoms with Gasteiger partial charge in [0.2, 0.25) is 0 Å². The van der Waals surface area contributed by atoms with Gasteiger partial charge in [-0.3, -0.25) is 9.69 Å². The van der Waals surface area contributed by atoms with Gasteiger partial charge in [-0.25, -0.2) is 0 Å². The van der Waals surface area contributed by atoms with Crippen molar-refractivity contribution in [3.05, 3.63) is 60.3 Å². The fourth-order valence-corrected chi connectivity index (χ4v) is 5.31. The molecule has 0 bridgehead atoms. The van der Waals surface area contributed by atoms with Gasteiger partial charge in [0.25, 0.3) is 5.91 Å². The van der Waals surface area contributed by atoms with Crippen LogP contribution in [0.2, 0.25) is 0 Å². The SMILES string of the molecule is COc1ccccc1N1CCN(C2CCCN(C(=O)c3cc4ccccc4n3C)C2)CC1. The second kappa shape index (κ2) is 8.87. The van der Waals surface area contributed by atoms with Crippen LogP contribution in [0.5, 0.6) is 5.75 Å². The zero-order valence-corrected chi connectivity index (χ0v) is 19.0. The molecule has 0 N–H and O–H groups in total. The lowest BCUT2D eigenvalue weighted by molar-refractivity contribution is 0.0555. The Morgan fingerprint density at radius 1 is 0.969 bits per heavy atom. The van der Waals surface area contributed by atoms with Crippen LogP contribution in [0.4, 0.5) is 5.69 Å². The first-order valence-corrected chi connectivity index (χ1v) is 11.6. The van der Waals surface area contributed by atoms with E-state index in [-0.39, 0.29) is 5.91 Å². The van der Waals surface area contributed by atoms with Crippen molar-refractivity contribution in [1.82, 2.24) is 14.4 Å². The Hall–Kier alpha value is -2.99. The van der Waals surface area contributed by atoms with E-state index in [1.165, 1.54) is 5.69 Å². The molecule has 3 heterocycles. The van der Waals surface area contributed by atoms with Gasteiger partial charge in [-0.15, -0.1) is 0 Å². The van der Waals surface area contributed by atoms with Gasteiger partial charge in [0, 0.05) is 63.3 Å². The summed E-state index contributed by atoms with van der Waals surface area (Å²) in [5.74, 6) is 1.09. The number of fused-ring (bicyclic) bond motifs is 1. The van der Waals surface area contributed by atoms with Crippen molar-refractivity contribution in [2.75, 3.05) is 51.3 Å². The average Bonchev–Trinajstić information content (AvgIpc) is 3.20. The van der Waals surface area contributed by atoms with Crippen LogP contribution in [0.15, 0.2) is 54.6 Å². The molecule has 2 saturated heterocycles. The molecule has 6 nitrogen and oxygen atoms in total. The molecule has 1 amide bonds. The molecule has 32 heavy (non-hydrogen) atoms. The van der Waals surface area contributed by atoms with Crippen molar-refractivity contribution in [2.45, 2.75) is 18.9 Å². The molecular formula is C26H32N4O2. The van der Waals surface area contributed by atoms with E-state index in [1.807, 2.05) is 41.9 Å². The number of carbonyl (C=O) groups excluding carboxylic acids is 1. The molecule has 1 unspecified atom stereocenters. The molecule has 6 heteroatoms. The first-order valence-electron chi connectivity index (χ1n) is 11.6. The highest BCUT2D eigenvalue weighted by Gasteiger charge is 2.31. The lowest BCUT2D eigenvalue weighted by atomic mass is 10.0. The predicted octanol–water partition coefficient (Wildman–Crippen LogP) is 3.61. The number of methoxy groups -OCH3 is 1. The first-order chi connectivity index (χ1) is 15.7. The van der Waals surface area contributed by atoms with Gasteiger partial charge in [0.15, 0.2) is 0 Å². The summed E-state index contributed by atoms with van der Waals surface area (Å²) in [5, 5.41) is 1.12. The number of ether oxygens (including phenoxy) is 1. The monoisotopic (exact) mass is 432 g/mol. The van der Waals surface area contributed by atoms with E-state index in [1.54, 1.807) is 7.11 Å². The molecule has 5 rings (SSSR count). The number of aryl methyl sites for hydroxylation is 1. The van der Waals surface area contributed by atoms with Crippen molar-refractivity contribution in [2.24, 2.45) is 7.05 Å². The average molecular weight is 433 g/mol. The quantitative estimate of drug-likeness (QED) is 0.632. The molecule has 2 fully saturated rings. The van der Waals surface area contributed by atoms with Crippen molar-refractivity contribution in [3.63, 3.8) is 0 Å². The molecule has 0 aliphatic carbocycles. The fraction of sp³-hybridized carbons (Fsp3) is 0.423. The van der Waals surface area contributed by atoms with Crippen LogP contribution in [0.25, 0.3) is 10.9 Å². The fourth-order valence-electron chi connectivity index (χ4n) is 5.31. The number of benzene rings is 2. The Morgan fingerprint density at radius 3 is 2.50 bits per heavy atom. The Labute approximate surface area is 190 Å². The summed E-state index contributed by atoms with van der Waals surface area (Å²) in [6.07, 6.45) is 2.22. The Morgan fingerprint density at radius 2 is 1.72 bits per heavy atom. The van der Waals surface area contributed by atoms with Gasteiger partial charge >= 0.3 is 0 Å². The van der Waals surface area contributed by atoms with Crippen molar-refractivity contribution < 1.29 is 9.53 Å². The maximum Gasteiger partial charge on any atom is 0.270 e. The van der Waals surface area contributed by atoms with Crippen LogP contribution in [0.3, 0.4) is 0 Å². The molecule has 0 saturated carbocycles. The number of hydrogen-bond donors (Lipinski definition) is 0.